The summed E-state index contributed by atoms with van der Waals surface area (Å²) in [5, 5.41) is 0.449. The van der Waals surface area contributed by atoms with Crippen molar-refractivity contribution in [2.24, 2.45) is 0 Å². The van der Waals surface area contributed by atoms with Gasteiger partial charge in [-0.2, -0.15) is 4.31 Å². The van der Waals surface area contributed by atoms with E-state index in [1.54, 1.807) is 10.4 Å². The molecule has 1 fully saturated rings. The summed E-state index contributed by atoms with van der Waals surface area (Å²) >= 11 is 6.08. The quantitative estimate of drug-likeness (QED) is 0.826. The molecule has 7 heteroatoms. The molecule has 0 atom stereocenters. The molecule has 2 aliphatic rings. The molecule has 0 aromatic heterocycles. The molecule has 2 aliphatic heterocycles. The number of benzene rings is 1. The molecule has 21 heavy (non-hydrogen) atoms. The molecule has 1 aromatic rings. The SMILES string of the molecule is CN1CCCN(S(=O)(=O)c2cc(Cl)cc3c2OCC3)CC1. The molecule has 5 nitrogen and oxygen atoms in total. The number of hydrogen-bond donors (Lipinski definition) is 0. The number of likely N-dealkylation sites (N-methyl/N-ethyl adjacent to an activating group) is 1. The fraction of sp³-hybridized carbons (Fsp3) is 0.571. The molecule has 1 aromatic carbocycles. The van der Waals surface area contributed by atoms with Gasteiger partial charge in [-0.15, -0.1) is 0 Å². The molecule has 0 saturated carbocycles. The Hall–Kier alpha value is -0.820. The molecule has 116 valence electrons. The van der Waals surface area contributed by atoms with Gasteiger partial charge in [0.1, 0.15) is 10.6 Å². The summed E-state index contributed by atoms with van der Waals surface area (Å²) in [7, 11) is -1.55. The number of ether oxygens (including phenoxy) is 1. The van der Waals surface area contributed by atoms with Gasteiger partial charge in [0.2, 0.25) is 10.0 Å². The van der Waals surface area contributed by atoms with Crippen molar-refractivity contribution in [3.8, 4) is 5.75 Å². The molecule has 3 rings (SSSR count). The third kappa shape index (κ3) is 2.90. The summed E-state index contributed by atoms with van der Waals surface area (Å²) in [6.45, 7) is 3.20. The Morgan fingerprint density at radius 2 is 2.00 bits per heavy atom. The van der Waals surface area contributed by atoms with Crippen molar-refractivity contribution in [3.05, 3.63) is 22.7 Å². The highest BCUT2D eigenvalue weighted by Crippen LogP contribution is 2.37. The number of hydrogen-bond acceptors (Lipinski definition) is 4. The number of sulfonamides is 1. The first kappa shape index (κ1) is 15.1. The van der Waals surface area contributed by atoms with Gasteiger partial charge in [-0.1, -0.05) is 11.6 Å². The molecule has 0 N–H and O–H groups in total. The van der Waals surface area contributed by atoms with Crippen LogP contribution in [0.4, 0.5) is 0 Å². The molecule has 0 aliphatic carbocycles. The van der Waals surface area contributed by atoms with Gasteiger partial charge < -0.3 is 9.64 Å². The second kappa shape index (κ2) is 5.76. The lowest BCUT2D eigenvalue weighted by Crippen LogP contribution is -2.34. The third-order valence-corrected chi connectivity index (χ3v) is 6.13. The summed E-state index contributed by atoms with van der Waals surface area (Å²) in [6.07, 6.45) is 1.54. The summed E-state index contributed by atoms with van der Waals surface area (Å²) < 4.78 is 32.9. The molecule has 0 spiro atoms. The molecule has 0 radical (unpaired) electrons. The zero-order valence-electron chi connectivity index (χ0n) is 12.0. The Balaban J connectivity index is 1.99. The first-order valence-electron chi connectivity index (χ1n) is 7.12. The molecule has 2 heterocycles. The van der Waals surface area contributed by atoms with Crippen LogP contribution in [0.1, 0.15) is 12.0 Å². The van der Waals surface area contributed by atoms with Crippen LogP contribution in [0, 0.1) is 0 Å². The van der Waals surface area contributed by atoms with E-state index in [0.717, 1.165) is 25.1 Å². The van der Waals surface area contributed by atoms with Crippen molar-refractivity contribution in [1.29, 1.82) is 0 Å². The lowest BCUT2D eigenvalue weighted by molar-refractivity contribution is 0.341. The minimum Gasteiger partial charge on any atom is -0.492 e. The van der Waals surface area contributed by atoms with Gasteiger partial charge in [-0.05, 0) is 32.1 Å². The van der Waals surface area contributed by atoms with Gasteiger partial charge >= 0.3 is 0 Å². The number of rotatable bonds is 2. The lowest BCUT2D eigenvalue weighted by Gasteiger charge is -2.21. The summed E-state index contributed by atoms with van der Waals surface area (Å²) in [5.41, 5.74) is 0.882. The minimum atomic E-state index is -3.56. The Kier molecular flexibility index (Phi) is 4.14. The van der Waals surface area contributed by atoms with E-state index in [2.05, 4.69) is 4.90 Å². The number of nitrogens with zero attached hydrogens (tertiary/aromatic N) is 2. The van der Waals surface area contributed by atoms with Gasteiger partial charge in [0.15, 0.2) is 0 Å². The van der Waals surface area contributed by atoms with Crippen LogP contribution >= 0.6 is 11.6 Å². The smallest absolute Gasteiger partial charge is 0.246 e. The Bertz CT molecular complexity index is 648. The maximum Gasteiger partial charge on any atom is 0.246 e. The maximum absolute atomic E-state index is 12.9. The maximum atomic E-state index is 12.9. The first-order valence-corrected chi connectivity index (χ1v) is 8.94. The number of fused-ring (bicyclic) bond motifs is 1. The molecular weight excluding hydrogens is 312 g/mol. The molecule has 0 unspecified atom stereocenters. The molecule has 0 bridgehead atoms. The van der Waals surface area contributed by atoms with E-state index in [9.17, 15) is 8.42 Å². The van der Waals surface area contributed by atoms with Gasteiger partial charge in [0, 0.05) is 36.6 Å². The van der Waals surface area contributed by atoms with Crippen LogP contribution in [0.25, 0.3) is 0 Å². The monoisotopic (exact) mass is 330 g/mol. The van der Waals surface area contributed by atoms with Gasteiger partial charge in [-0.25, -0.2) is 8.42 Å². The Labute approximate surface area is 130 Å². The topological polar surface area (TPSA) is 49.9 Å². The second-order valence-electron chi connectivity index (χ2n) is 5.55. The largest absolute Gasteiger partial charge is 0.492 e. The Morgan fingerprint density at radius 1 is 1.19 bits per heavy atom. The average Bonchev–Trinajstić information content (AvgIpc) is 2.77. The highest BCUT2D eigenvalue weighted by atomic mass is 35.5. The van der Waals surface area contributed by atoms with E-state index < -0.39 is 10.0 Å². The van der Waals surface area contributed by atoms with Crippen LogP contribution < -0.4 is 4.74 Å². The van der Waals surface area contributed by atoms with Crippen molar-refractivity contribution in [2.75, 3.05) is 39.8 Å². The zero-order valence-corrected chi connectivity index (χ0v) is 13.6. The van der Waals surface area contributed by atoms with E-state index in [1.807, 2.05) is 7.05 Å². The fourth-order valence-electron chi connectivity index (χ4n) is 2.83. The summed E-state index contributed by atoms with van der Waals surface area (Å²) in [6, 6.07) is 3.30. The molecular formula is C14H19ClN2O3S. The second-order valence-corrected chi connectivity index (χ2v) is 7.89. The highest BCUT2D eigenvalue weighted by molar-refractivity contribution is 7.89. The fourth-order valence-corrected chi connectivity index (χ4v) is 4.80. The van der Waals surface area contributed by atoms with Crippen LogP contribution in [0.3, 0.4) is 0 Å². The van der Waals surface area contributed by atoms with Crippen molar-refractivity contribution in [3.63, 3.8) is 0 Å². The van der Waals surface area contributed by atoms with E-state index in [1.165, 1.54) is 6.07 Å². The predicted octanol–water partition coefficient (Wildman–Crippen LogP) is 1.60. The van der Waals surface area contributed by atoms with E-state index >= 15 is 0 Å². The average molecular weight is 331 g/mol. The molecule has 1 saturated heterocycles. The normalized spacial score (nSPS) is 20.9. The summed E-state index contributed by atoms with van der Waals surface area (Å²) in [5.74, 6) is 0.483. The zero-order chi connectivity index (χ0) is 15.0. The van der Waals surface area contributed by atoms with Crippen molar-refractivity contribution >= 4 is 21.6 Å². The molecule has 0 amide bonds. The van der Waals surface area contributed by atoms with Gasteiger partial charge in [0.05, 0.1) is 6.61 Å². The van der Waals surface area contributed by atoms with Crippen LogP contribution in [0.5, 0.6) is 5.75 Å². The minimum absolute atomic E-state index is 0.215. The van der Waals surface area contributed by atoms with Crippen LogP contribution in [0.2, 0.25) is 5.02 Å². The lowest BCUT2D eigenvalue weighted by atomic mass is 10.2. The van der Waals surface area contributed by atoms with E-state index in [0.29, 0.717) is 36.9 Å². The van der Waals surface area contributed by atoms with Crippen LogP contribution in [-0.4, -0.2) is 57.5 Å². The van der Waals surface area contributed by atoms with Crippen LogP contribution in [-0.2, 0) is 16.4 Å². The van der Waals surface area contributed by atoms with Crippen molar-refractivity contribution < 1.29 is 13.2 Å². The standard InChI is InChI=1S/C14H19ClN2O3S/c1-16-4-2-5-17(7-6-16)21(18,19)13-10-12(15)9-11-3-8-20-14(11)13/h9-10H,2-8H2,1H3. The van der Waals surface area contributed by atoms with Crippen molar-refractivity contribution in [2.45, 2.75) is 17.7 Å². The van der Waals surface area contributed by atoms with E-state index in [4.69, 9.17) is 16.3 Å². The highest BCUT2D eigenvalue weighted by Gasteiger charge is 2.32. The Morgan fingerprint density at radius 3 is 2.81 bits per heavy atom. The first-order chi connectivity index (χ1) is 9.98. The predicted molar refractivity (Wildman–Crippen MR) is 81.5 cm³/mol. The summed E-state index contributed by atoms with van der Waals surface area (Å²) in [4.78, 5) is 2.36. The van der Waals surface area contributed by atoms with Crippen molar-refractivity contribution in [1.82, 2.24) is 9.21 Å². The van der Waals surface area contributed by atoms with Gasteiger partial charge in [0.25, 0.3) is 0 Å². The van der Waals surface area contributed by atoms with E-state index in [-0.39, 0.29) is 4.90 Å². The van der Waals surface area contributed by atoms with Gasteiger partial charge in [-0.3, -0.25) is 0 Å². The van der Waals surface area contributed by atoms with Crippen LogP contribution in [0.15, 0.2) is 17.0 Å². The number of halogens is 1. The third-order valence-electron chi connectivity index (χ3n) is 4.01.